The van der Waals surface area contributed by atoms with E-state index in [9.17, 15) is 0 Å². The van der Waals surface area contributed by atoms with Crippen LogP contribution in [0.5, 0.6) is 0 Å². The first kappa shape index (κ1) is 9.24. The van der Waals surface area contributed by atoms with Crippen LogP contribution in [-0.4, -0.2) is 16.2 Å². The fraction of sp³-hybridized carbons (Fsp3) is 0.222. The Morgan fingerprint density at radius 1 is 1.58 bits per heavy atom. The summed E-state index contributed by atoms with van der Waals surface area (Å²) >= 11 is 3.27. The highest BCUT2D eigenvalue weighted by Crippen LogP contribution is 2.06. The summed E-state index contributed by atoms with van der Waals surface area (Å²) in [6.45, 7) is 1.62. The normalized spacial score (nSPS) is 11.6. The highest BCUT2D eigenvalue weighted by molar-refractivity contribution is 9.10. The van der Waals surface area contributed by atoms with E-state index >= 15 is 0 Å². The largest absolute Gasteiger partial charge is 0.381 e. The lowest BCUT2D eigenvalue weighted by atomic mass is 10.3. The maximum atomic E-state index is 8.86. The van der Waals surface area contributed by atoms with E-state index in [4.69, 9.17) is 5.11 Å². The number of pyridine rings is 1. The van der Waals surface area contributed by atoms with Crippen LogP contribution in [0.4, 0.5) is 0 Å². The number of aliphatic hydroxyl groups is 1. The molecule has 2 nitrogen and oxygen atoms in total. The Kier molecular flexibility index (Phi) is 3.27. The van der Waals surface area contributed by atoms with Crippen molar-refractivity contribution in [3.05, 3.63) is 28.5 Å². The molecule has 0 aliphatic rings. The van der Waals surface area contributed by atoms with Crippen LogP contribution in [0.15, 0.2) is 22.8 Å². The Morgan fingerprint density at radius 3 is 2.83 bits per heavy atom. The van der Waals surface area contributed by atoms with E-state index in [1.165, 1.54) is 0 Å². The molecule has 0 radical (unpaired) electrons. The Labute approximate surface area is 79.8 Å². The third-order valence-electron chi connectivity index (χ3n) is 1.14. The van der Waals surface area contributed by atoms with Crippen molar-refractivity contribution < 1.29 is 5.11 Å². The maximum absolute atomic E-state index is 8.86. The number of hydrogen-bond acceptors (Lipinski definition) is 2. The zero-order chi connectivity index (χ0) is 8.97. The zero-order valence-corrected chi connectivity index (χ0v) is 8.17. The van der Waals surface area contributed by atoms with Crippen LogP contribution in [0.25, 0.3) is 0 Å². The first-order valence-corrected chi connectivity index (χ1v) is 4.29. The summed E-state index contributed by atoms with van der Waals surface area (Å²) in [5, 5.41) is 8.86. The molecule has 1 aromatic heterocycles. The second-order valence-corrected chi connectivity index (χ2v) is 3.22. The van der Waals surface area contributed by atoms with E-state index in [0.717, 1.165) is 4.47 Å². The van der Waals surface area contributed by atoms with Crippen LogP contribution >= 0.6 is 15.9 Å². The minimum absolute atomic E-state index is 0.601. The number of hydrogen-bond donors (Lipinski definition) is 1. The third-order valence-corrected chi connectivity index (χ3v) is 1.61. The van der Waals surface area contributed by atoms with Gasteiger partial charge in [-0.25, -0.2) is 4.98 Å². The average molecular weight is 226 g/mol. The van der Waals surface area contributed by atoms with Crippen molar-refractivity contribution in [2.75, 3.05) is 0 Å². The minimum Gasteiger partial charge on any atom is -0.381 e. The van der Waals surface area contributed by atoms with Gasteiger partial charge in [-0.15, -0.1) is 0 Å². The lowest BCUT2D eigenvalue weighted by Gasteiger charge is -1.90. The van der Waals surface area contributed by atoms with Gasteiger partial charge in [-0.3, -0.25) is 0 Å². The van der Waals surface area contributed by atoms with Gasteiger partial charge in [-0.05, 0) is 40.9 Å². The quantitative estimate of drug-likeness (QED) is 0.681. The summed E-state index contributed by atoms with van der Waals surface area (Å²) in [7, 11) is 0. The molecule has 0 aromatic carbocycles. The van der Waals surface area contributed by atoms with Crippen LogP contribution in [0.2, 0.25) is 0 Å². The van der Waals surface area contributed by atoms with Gasteiger partial charge in [-0.2, -0.15) is 0 Å². The van der Waals surface area contributed by atoms with E-state index in [1.54, 1.807) is 19.2 Å². The SMILES string of the molecule is C[C@@H](O)C#Cc1ccc(Br)cn1. The van der Waals surface area contributed by atoms with Crippen molar-refractivity contribution in [2.24, 2.45) is 0 Å². The van der Waals surface area contributed by atoms with Crippen molar-refractivity contribution in [1.82, 2.24) is 4.98 Å². The molecule has 0 fully saturated rings. The lowest BCUT2D eigenvalue weighted by Crippen LogP contribution is -1.93. The van der Waals surface area contributed by atoms with Gasteiger partial charge in [0.05, 0.1) is 0 Å². The molecule has 12 heavy (non-hydrogen) atoms. The van der Waals surface area contributed by atoms with Gasteiger partial charge < -0.3 is 5.11 Å². The number of nitrogens with zero attached hydrogens (tertiary/aromatic N) is 1. The zero-order valence-electron chi connectivity index (χ0n) is 6.58. The van der Waals surface area contributed by atoms with Crippen molar-refractivity contribution in [3.63, 3.8) is 0 Å². The van der Waals surface area contributed by atoms with Gasteiger partial charge in [-0.1, -0.05) is 5.92 Å². The second-order valence-electron chi connectivity index (χ2n) is 2.31. The number of aliphatic hydroxyl groups excluding tert-OH is 1. The van der Waals surface area contributed by atoms with Gasteiger partial charge in [0, 0.05) is 10.7 Å². The molecule has 1 N–H and O–H groups in total. The summed E-state index contributed by atoms with van der Waals surface area (Å²) in [5.41, 5.74) is 0.666. The summed E-state index contributed by atoms with van der Waals surface area (Å²) in [6.07, 6.45) is 1.07. The van der Waals surface area contributed by atoms with Crippen LogP contribution in [0, 0.1) is 11.8 Å². The van der Waals surface area contributed by atoms with Crippen molar-refractivity contribution in [2.45, 2.75) is 13.0 Å². The monoisotopic (exact) mass is 225 g/mol. The van der Waals surface area contributed by atoms with E-state index in [0.29, 0.717) is 5.69 Å². The van der Waals surface area contributed by atoms with Crippen molar-refractivity contribution >= 4 is 15.9 Å². The molecule has 0 unspecified atom stereocenters. The average Bonchev–Trinajstić information content (AvgIpc) is 2.03. The fourth-order valence-corrected chi connectivity index (χ4v) is 0.863. The van der Waals surface area contributed by atoms with Crippen molar-refractivity contribution in [3.8, 4) is 11.8 Å². The molecule has 0 amide bonds. The summed E-state index contributed by atoms with van der Waals surface area (Å²) in [5.74, 6) is 5.35. The van der Waals surface area contributed by atoms with E-state index in [1.807, 2.05) is 6.07 Å². The van der Waals surface area contributed by atoms with E-state index in [2.05, 4.69) is 32.8 Å². The summed E-state index contributed by atoms with van der Waals surface area (Å²) < 4.78 is 0.921. The minimum atomic E-state index is -0.601. The molecule has 0 saturated heterocycles. The molecule has 1 rings (SSSR count). The Morgan fingerprint density at radius 2 is 2.33 bits per heavy atom. The van der Waals surface area contributed by atoms with Crippen LogP contribution < -0.4 is 0 Å². The number of aromatic nitrogens is 1. The molecule has 1 atom stereocenters. The topological polar surface area (TPSA) is 33.1 Å². The van der Waals surface area contributed by atoms with Gasteiger partial charge in [0.1, 0.15) is 11.8 Å². The molecule has 0 aliphatic carbocycles. The van der Waals surface area contributed by atoms with Crippen LogP contribution in [-0.2, 0) is 0 Å². The predicted octanol–water partition coefficient (Wildman–Crippen LogP) is 1.58. The molecule has 3 heteroatoms. The van der Waals surface area contributed by atoms with Crippen LogP contribution in [0.3, 0.4) is 0 Å². The van der Waals surface area contributed by atoms with Gasteiger partial charge in [0.25, 0.3) is 0 Å². The van der Waals surface area contributed by atoms with E-state index in [-0.39, 0.29) is 0 Å². The molecule has 0 spiro atoms. The molecule has 62 valence electrons. The Hall–Kier alpha value is -0.850. The first-order valence-electron chi connectivity index (χ1n) is 3.49. The number of rotatable bonds is 0. The molecule has 1 aromatic rings. The molecule has 0 aliphatic heterocycles. The molecule has 1 heterocycles. The highest BCUT2D eigenvalue weighted by atomic mass is 79.9. The molecule has 0 bridgehead atoms. The van der Waals surface area contributed by atoms with Gasteiger partial charge in [0.15, 0.2) is 0 Å². The fourth-order valence-electron chi connectivity index (χ4n) is 0.628. The Bertz CT molecular complexity index is 308. The molecule has 0 saturated carbocycles. The van der Waals surface area contributed by atoms with Crippen molar-refractivity contribution in [1.29, 1.82) is 0 Å². The molecular weight excluding hydrogens is 218 g/mol. The molecular formula is C9H8BrNO. The first-order chi connectivity index (χ1) is 5.68. The smallest absolute Gasteiger partial charge is 0.113 e. The van der Waals surface area contributed by atoms with Crippen LogP contribution in [0.1, 0.15) is 12.6 Å². The summed E-state index contributed by atoms with van der Waals surface area (Å²) in [6, 6.07) is 3.65. The lowest BCUT2D eigenvalue weighted by molar-refractivity contribution is 0.253. The summed E-state index contributed by atoms with van der Waals surface area (Å²) in [4.78, 5) is 4.02. The standard InChI is InChI=1S/C9H8BrNO/c1-7(12)2-4-9-5-3-8(10)6-11-9/h3,5-7,12H,1H3/t7-/m1/s1. The highest BCUT2D eigenvalue weighted by Gasteiger charge is 1.89. The van der Waals surface area contributed by atoms with Gasteiger partial charge in [0.2, 0.25) is 0 Å². The van der Waals surface area contributed by atoms with E-state index < -0.39 is 6.10 Å². The Balaban J connectivity index is 2.79. The maximum Gasteiger partial charge on any atom is 0.113 e. The van der Waals surface area contributed by atoms with Gasteiger partial charge >= 0.3 is 0 Å². The third kappa shape index (κ3) is 3.04. The predicted molar refractivity (Wildman–Crippen MR) is 50.5 cm³/mol. The number of halogens is 1. The second kappa shape index (κ2) is 4.24.